The summed E-state index contributed by atoms with van der Waals surface area (Å²) < 4.78 is 0. The van der Waals surface area contributed by atoms with Crippen molar-refractivity contribution in [2.45, 2.75) is 19.3 Å². The summed E-state index contributed by atoms with van der Waals surface area (Å²) >= 11 is 12.3. The standard InChI is InChI=1S/C15H15Cl2N5/c16-11-5-3-6-12(17)10(11)4-1-2-7-18-14-13-15(20-8-19-13)22-9-21-14/h3,5-6,8-9H,1-2,4,7H2,(H2,18,19,20,21,22). The molecule has 5 nitrogen and oxygen atoms in total. The molecule has 7 heteroatoms. The Labute approximate surface area is 138 Å². The smallest absolute Gasteiger partial charge is 0.162 e. The van der Waals surface area contributed by atoms with Crippen molar-refractivity contribution in [1.82, 2.24) is 19.9 Å². The van der Waals surface area contributed by atoms with Crippen molar-refractivity contribution in [3.05, 3.63) is 46.5 Å². The third-order valence-electron chi connectivity index (χ3n) is 3.42. The number of aromatic nitrogens is 4. The molecule has 0 radical (unpaired) electrons. The molecule has 0 amide bonds. The van der Waals surface area contributed by atoms with E-state index in [1.165, 1.54) is 6.33 Å². The summed E-state index contributed by atoms with van der Waals surface area (Å²) in [6.45, 7) is 0.807. The fourth-order valence-electron chi connectivity index (χ4n) is 2.30. The highest BCUT2D eigenvalue weighted by Gasteiger charge is 2.11. The average molecular weight is 336 g/mol. The lowest BCUT2D eigenvalue weighted by atomic mass is 10.1. The van der Waals surface area contributed by atoms with E-state index in [-0.39, 0.29) is 0 Å². The second kappa shape index (κ2) is 6.94. The van der Waals surface area contributed by atoms with Crippen molar-refractivity contribution in [2.75, 3.05) is 11.9 Å². The molecule has 2 aliphatic heterocycles. The van der Waals surface area contributed by atoms with Gasteiger partial charge in [0.1, 0.15) is 12.0 Å². The molecule has 0 spiro atoms. The predicted octanol–water partition coefficient (Wildman–Crippen LogP) is 4.05. The third kappa shape index (κ3) is 3.31. The van der Waals surface area contributed by atoms with E-state index < -0.39 is 0 Å². The van der Waals surface area contributed by atoms with Crippen LogP contribution in [0.2, 0.25) is 10.0 Å². The fourth-order valence-corrected chi connectivity index (χ4v) is 2.89. The summed E-state index contributed by atoms with van der Waals surface area (Å²) in [7, 11) is 0. The Morgan fingerprint density at radius 3 is 2.68 bits per heavy atom. The molecule has 0 aliphatic carbocycles. The Hall–Kier alpha value is -1.85. The van der Waals surface area contributed by atoms with E-state index in [0.29, 0.717) is 0 Å². The molecule has 22 heavy (non-hydrogen) atoms. The molecule has 2 N–H and O–H groups in total. The van der Waals surface area contributed by atoms with Gasteiger partial charge in [-0.25, -0.2) is 15.0 Å². The minimum atomic E-state index is 0.731. The quantitative estimate of drug-likeness (QED) is 0.667. The van der Waals surface area contributed by atoms with Gasteiger partial charge in [0.2, 0.25) is 0 Å². The number of anilines is 1. The molecule has 0 atom stereocenters. The number of aromatic amines is 1. The molecule has 0 saturated heterocycles. The molecule has 3 rings (SSSR count). The van der Waals surface area contributed by atoms with Gasteiger partial charge in [-0.15, -0.1) is 0 Å². The van der Waals surface area contributed by atoms with Crippen molar-refractivity contribution in [3.63, 3.8) is 0 Å². The number of rotatable bonds is 6. The highest BCUT2D eigenvalue weighted by Crippen LogP contribution is 2.26. The van der Waals surface area contributed by atoms with Crippen LogP contribution in [0.1, 0.15) is 18.4 Å². The maximum Gasteiger partial charge on any atom is 0.162 e. The van der Waals surface area contributed by atoms with E-state index >= 15 is 0 Å². The van der Waals surface area contributed by atoms with Crippen LogP contribution in [0.15, 0.2) is 30.9 Å². The zero-order valence-corrected chi connectivity index (χ0v) is 13.3. The lowest BCUT2D eigenvalue weighted by Crippen LogP contribution is -2.06. The third-order valence-corrected chi connectivity index (χ3v) is 4.13. The first kappa shape index (κ1) is 15.1. The first-order valence-corrected chi connectivity index (χ1v) is 7.82. The Balaban J connectivity index is 1.49. The van der Waals surface area contributed by atoms with Crippen molar-refractivity contribution in [2.24, 2.45) is 0 Å². The largest absolute Gasteiger partial charge is 0.368 e. The van der Waals surface area contributed by atoms with Gasteiger partial charge < -0.3 is 10.3 Å². The minimum absolute atomic E-state index is 0.731. The van der Waals surface area contributed by atoms with Gasteiger partial charge in [-0.2, -0.15) is 0 Å². The summed E-state index contributed by atoms with van der Waals surface area (Å²) in [5.41, 5.74) is 1.78. The summed E-state index contributed by atoms with van der Waals surface area (Å²) in [4.78, 5) is 15.5. The van der Waals surface area contributed by atoms with Crippen LogP contribution in [0.25, 0.3) is 11.5 Å². The Kier molecular flexibility index (Phi) is 4.75. The summed E-state index contributed by atoms with van der Waals surface area (Å²) in [5.74, 6) is 1.49. The highest BCUT2D eigenvalue weighted by atomic mass is 35.5. The van der Waals surface area contributed by atoms with E-state index in [0.717, 1.165) is 58.8 Å². The Bertz CT molecular complexity index is 707. The van der Waals surface area contributed by atoms with Gasteiger partial charge in [0.15, 0.2) is 11.6 Å². The number of halogens is 2. The topological polar surface area (TPSA) is 66.5 Å². The van der Waals surface area contributed by atoms with Crippen LogP contribution in [0.4, 0.5) is 5.82 Å². The highest BCUT2D eigenvalue weighted by molar-refractivity contribution is 6.35. The van der Waals surface area contributed by atoms with E-state index in [4.69, 9.17) is 23.2 Å². The molecule has 0 unspecified atom stereocenters. The lowest BCUT2D eigenvalue weighted by Gasteiger charge is -2.09. The number of fused-ring (bicyclic) bond motifs is 1. The number of hydrogen-bond donors (Lipinski definition) is 2. The van der Waals surface area contributed by atoms with Crippen LogP contribution >= 0.6 is 23.2 Å². The van der Waals surface area contributed by atoms with Gasteiger partial charge in [0, 0.05) is 16.6 Å². The number of benzene rings is 1. The van der Waals surface area contributed by atoms with Crippen LogP contribution in [-0.2, 0) is 6.42 Å². The van der Waals surface area contributed by atoms with E-state index in [9.17, 15) is 0 Å². The molecular weight excluding hydrogens is 321 g/mol. The molecule has 0 bridgehead atoms. The molecular formula is C15H15Cl2N5. The molecule has 1 aromatic carbocycles. The molecule has 1 aromatic rings. The van der Waals surface area contributed by atoms with Crippen LogP contribution in [-0.4, -0.2) is 26.5 Å². The van der Waals surface area contributed by atoms with Crippen LogP contribution in [0, 0.1) is 0 Å². The number of H-pyrrole nitrogens is 1. The second-order valence-corrected chi connectivity index (χ2v) is 5.72. The zero-order valence-electron chi connectivity index (χ0n) is 11.8. The number of imidazole rings is 1. The molecule has 2 aliphatic rings. The van der Waals surface area contributed by atoms with Gasteiger partial charge in [-0.05, 0) is 37.0 Å². The Morgan fingerprint density at radius 1 is 1.05 bits per heavy atom. The molecule has 0 saturated carbocycles. The summed E-state index contributed by atoms with van der Waals surface area (Å²) in [5, 5.41) is 4.75. The van der Waals surface area contributed by atoms with Crippen molar-refractivity contribution >= 4 is 29.0 Å². The van der Waals surface area contributed by atoms with Crippen molar-refractivity contribution in [1.29, 1.82) is 0 Å². The summed E-state index contributed by atoms with van der Waals surface area (Å²) in [6, 6.07) is 5.60. The monoisotopic (exact) mass is 335 g/mol. The summed E-state index contributed by atoms with van der Waals surface area (Å²) in [6.07, 6.45) is 5.97. The fraction of sp³-hybridized carbons (Fsp3) is 0.267. The number of nitrogens with one attached hydrogen (secondary N) is 2. The zero-order chi connectivity index (χ0) is 15.4. The van der Waals surface area contributed by atoms with Gasteiger partial charge in [0.25, 0.3) is 0 Å². The van der Waals surface area contributed by atoms with Crippen molar-refractivity contribution in [3.8, 4) is 11.5 Å². The van der Waals surface area contributed by atoms with E-state index in [1.807, 2.05) is 18.2 Å². The van der Waals surface area contributed by atoms with Crippen LogP contribution in [0.3, 0.4) is 0 Å². The molecule has 0 fully saturated rings. The van der Waals surface area contributed by atoms with Crippen molar-refractivity contribution < 1.29 is 0 Å². The molecule has 114 valence electrons. The van der Waals surface area contributed by atoms with Gasteiger partial charge in [-0.3, -0.25) is 0 Å². The maximum absolute atomic E-state index is 6.16. The average Bonchev–Trinajstić information content (AvgIpc) is 2.99. The SMILES string of the molecule is Clc1cccc(Cl)c1CCCCNc1nc[nH]c2ncnc1-2. The van der Waals surface area contributed by atoms with Gasteiger partial charge >= 0.3 is 0 Å². The predicted molar refractivity (Wildman–Crippen MR) is 88.7 cm³/mol. The van der Waals surface area contributed by atoms with E-state index in [2.05, 4.69) is 25.3 Å². The first-order valence-electron chi connectivity index (χ1n) is 7.06. The van der Waals surface area contributed by atoms with Crippen LogP contribution < -0.4 is 5.32 Å². The van der Waals surface area contributed by atoms with Gasteiger partial charge in [-0.1, -0.05) is 29.3 Å². The van der Waals surface area contributed by atoms with Gasteiger partial charge in [0.05, 0.1) is 6.33 Å². The normalized spacial score (nSPS) is 11.0. The second-order valence-electron chi connectivity index (χ2n) is 4.91. The molecule has 0 aromatic heterocycles. The first-order chi connectivity index (χ1) is 10.8. The maximum atomic E-state index is 6.16. The molecule has 2 heterocycles. The lowest BCUT2D eigenvalue weighted by molar-refractivity contribution is 0.761. The minimum Gasteiger partial charge on any atom is -0.368 e. The van der Waals surface area contributed by atoms with Crippen LogP contribution in [0.5, 0.6) is 0 Å². The number of nitrogens with zero attached hydrogens (tertiary/aromatic N) is 3. The number of hydrogen-bond acceptors (Lipinski definition) is 4. The number of unbranched alkanes of at least 4 members (excludes halogenated alkanes) is 1. The Morgan fingerprint density at radius 2 is 1.86 bits per heavy atom. The van der Waals surface area contributed by atoms with E-state index in [1.54, 1.807) is 6.33 Å².